The van der Waals surface area contributed by atoms with Crippen molar-refractivity contribution >= 4 is 23.0 Å². The third-order valence-corrected chi connectivity index (χ3v) is 6.14. The number of carbonyl (C=O) groups excluding carboxylic acids is 2. The second-order valence-electron chi connectivity index (χ2n) is 8.43. The number of aliphatic hydroxyl groups is 1. The summed E-state index contributed by atoms with van der Waals surface area (Å²) in [5.41, 5.74) is 1.46. The minimum Gasteiger partial charge on any atom is -0.391 e. The van der Waals surface area contributed by atoms with Crippen molar-refractivity contribution in [3.63, 3.8) is 0 Å². The lowest BCUT2D eigenvalue weighted by molar-refractivity contribution is -0.154. The van der Waals surface area contributed by atoms with E-state index >= 15 is 0 Å². The van der Waals surface area contributed by atoms with Crippen LogP contribution in [0.5, 0.6) is 0 Å². The van der Waals surface area contributed by atoms with Crippen LogP contribution in [0.25, 0.3) is 11.2 Å². The Morgan fingerprint density at radius 1 is 1.29 bits per heavy atom. The Balaban J connectivity index is 1.50. The highest BCUT2D eigenvalue weighted by Crippen LogP contribution is 2.40. The molecule has 1 atom stereocenters. The zero-order chi connectivity index (χ0) is 20.1. The third kappa shape index (κ3) is 3.05. The SMILES string of the molecule is CC(C)n1cnc2cc(C(=O)N3CCC4(CC3)CC(O)CN(C)C4=O)cnc21. The van der Waals surface area contributed by atoms with E-state index in [1.54, 1.807) is 35.4 Å². The van der Waals surface area contributed by atoms with Gasteiger partial charge in [-0.3, -0.25) is 9.59 Å². The Bertz CT molecular complexity index is 914. The predicted molar refractivity (Wildman–Crippen MR) is 104 cm³/mol. The number of likely N-dealkylation sites (tertiary alicyclic amines) is 2. The summed E-state index contributed by atoms with van der Waals surface area (Å²) in [6, 6.07) is 2.04. The smallest absolute Gasteiger partial charge is 0.255 e. The molecular weight excluding hydrogens is 358 g/mol. The summed E-state index contributed by atoms with van der Waals surface area (Å²) in [5, 5.41) is 10.1. The lowest BCUT2D eigenvalue weighted by atomic mass is 9.71. The van der Waals surface area contributed by atoms with E-state index in [4.69, 9.17) is 0 Å². The summed E-state index contributed by atoms with van der Waals surface area (Å²) in [6.07, 6.45) is 4.51. The number of pyridine rings is 1. The second kappa shape index (κ2) is 6.84. The normalized spacial score (nSPS) is 22.5. The molecule has 2 aliphatic rings. The number of piperidine rings is 2. The molecule has 0 aromatic carbocycles. The summed E-state index contributed by atoms with van der Waals surface area (Å²) < 4.78 is 1.98. The Morgan fingerprint density at radius 3 is 2.68 bits per heavy atom. The topological polar surface area (TPSA) is 91.6 Å². The van der Waals surface area contributed by atoms with Gasteiger partial charge in [0.25, 0.3) is 5.91 Å². The largest absolute Gasteiger partial charge is 0.391 e. The van der Waals surface area contributed by atoms with Gasteiger partial charge in [-0.2, -0.15) is 0 Å². The van der Waals surface area contributed by atoms with Crippen LogP contribution in [0.15, 0.2) is 18.6 Å². The molecule has 0 aliphatic carbocycles. The number of nitrogens with zero attached hydrogens (tertiary/aromatic N) is 5. The summed E-state index contributed by atoms with van der Waals surface area (Å²) >= 11 is 0. The highest BCUT2D eigenvalue weighted by Gasteiger charge is 2.48. The molecule has 2 aliphatic heterocycles. The molecule has 8 nitrogen and oxygen atoms in total. The second-order valence-corrected chi connectivity index (χ2v) is 8.43. The van der Waals surface area contributed by atoms with Crippen molar-refractivity contribution < 1.29 is 14.7 Å². The fraction of sp³-hybridized carbons (Fsp3) is 0.600. The molecule has 0 saturated carbocycles. The van der Waals surface area contributed by atoms with Gasteiger partial charge >= 0.3 is 0 Å². The number of aliphatic hydroxyl groups excluding tert-OH is 1. The van der Waals surface area contributed by atoms with Crippen LogP contribution >= 0.6 is 0 Å². The van der Waals surface area contributed by atoms with Gasteiger partial charge in [0.1, 0.15) is 5.52 Å². The fourth-order valence-electron chi connectivity index (χ4n) is 4.56. The Morgan fingerprint density at radius 2 is 2.00 bits per heavy atom. The van der Waals surface area contributed by atoms with Crippen LogP contribution in [0.2, 0.25) is 0 Å². The van der Waals surface area contributed by atoms with Gasteiger partial charge in [-0.15, -0.1) is 0 Å². The quantitative estimate of drug-likeness (QED) is 0.845. The molecular formula is C20H27N5O3. The first-order chi connectivity index (χ1) is 13.3. The molecule has 2 aromatic rings. The summed E-state index contributed by atoms with van der Waals surface area (Å²) in [4.78, 5) is 37.9. The van der Waals surface area contributed by atoms with Gasteiger partial charge in [0, 0.05) is 38.9 Å². The van der Waals surface area contributed by atoms with E-state index in [0.29, 0.717) is 50.0 Å². The van der Waals surface area contributed by atoms with Crippen molar-refractivity contribution in [1.82, 2.24) is 24.3 Å². The first-order valence-corrected chi connectivity index (χ1v) is 9.86. The maximum absolute atomic E-state index is 13.0. The molecule has 1 unspecified atom stereocenters. The average molecular weight is 385 g/mol. The molecule has 4 heterocycles. The molecule has 1 N–H and O–H groups in total. The number of rotatable bonds is 2. The lowest BCUT2D eigenvalue weighted by Gasteiger charge is -2.46. The van der Waals surface area contributed by atoms with Crippen LogP contribution in [-0.2, 0) is 4.79 Å². The highest BCUT2D eigenvalue weighted by atomic mass is 16.3. The molecule has 0 radical (unpaired) electrons. The van der Waals surface area contributed by atoms with Crippen LogP contribution in [-0.4, -0.2) is 74.0 Å². The summed E-state index contributed by atoms with van der Waals surface area (Å²) in [5.74, 6) is 0.00715. The predicted octanol–water partition coefficient (Wildman–Crippen LogP) is 1.46. The molecule has 2 fully saturated rings. The van der Waals surface area contributed by atoms with Gasteiger partial charge in [-0.25, -0.2) is 9.97 Å². The maximum atomic E-state index is 13.0. The first kappa shape index (κ1) is 18.9. The molecule has 1 spiro atoms. The van der Waals surface area contributed by atoms with E-state index in [-0.39, 0.29) is 17.9 Å². The molecule has 2 aromatic heterocycles. The van der Waals surface area contributed by atoms with Gasteiger partial charge < -0.3 is 19.5 Å². The molecule has 8 heteroatoms. The lowest BCUT2D eigenvalue weighted by Crippen LogP contribution is -2.56. The Kier molecular flexibility index (Phi) is 4.61. The number of hydrogen-bond acceptors (Lipinski definition) is 5. The zero-order valence-electron chi connectivity index (χ0n) is 16.6. The van der Waals surface area contributed by atoms with Gasteiger partial charge in [0.2, 0.25) is 5.91 Å². The van der Waals surface area contributed by atoms with Crippen LogP contribution in [0.1, 0.15) is 49.5 Å². The number of amides is 2. The average Bonchev–Trinajstić information content (AvgIpc) is 3.09. The summed E-state index contributed by atoms with van der Waals surface area (Å²) in [7, 11) is 1.74. The Hall–Kier alpha value is -2.48. The molecule has 150 valence electrons. The number of aromatic nitrogens is 3. The maximum Gasteiger partial charge on any atom is 0.255 e. The number of carbonyl (C=O) groups is 2. The van der Waals surface area contributed by atoms with Crippen molar-refractivity contribution in [2.75, 3.05) is 26.7 Å². The minimum absolute atomic E-state index is 0.0829. The minimum atomic E-state index is -0.540. The van der Waals surface area contributed by atoms with Gasteiger partial charge in [-0.1, -0.05) is 0 Å². The van der Waals surface area contributed by atoms with Crippen molar-refractivity contribution in [1.29, 1.82) is 0 Å². The van der Waals surface area contributed by atoms with Gasteiger partial charge in [0.05, 0.1) is 23.4 Å². The fourth-order valence-corrected chi connectivity index (χ4v) is 4.56. The van der Waals surface area contributed by atoms with Crippen LogP contribution in [0.4, 0.5) is 0 Å². The van der Waals surface area contributed by atoms with E-state index in [1.807, 2.05) is 4.57 Å². The van der Waals surface area contributed by atoms with Crippen molar-refractivity contribution in [3.05, 3.63) is 24.2 Å². The molecule has 2 saturated heterocycles. The van der Waals surface area contributed by atoms with E-state index in [0.717, 1.165) is 5.65 Å². The summed E-state index contributed by atoms with van der Waals surface area (Å²) in [6.45, 7) is 5.52. The number of likely N-dealkylation sites (N-methyl/N-ethyl adjacent to an activating group) is 1. The molecule has 28 heavy (non-hydrogen) atoms. The zero-order valence-corrected chi connectivity index (χ0v) is 16.6. The van der Waals surface area contributed by atoms with E-state index in [1.165, 1.54) is 0 Å². The number of β-amino-alcohol motifs (C(OH)–C–C–N with tert-alkyl or cyclic N) is 1. The Labute approximate surface area is 164 Å². The molecule has 4 rings (SSSR count). The van der Waals surface area contributed by atoms with Gasteiger partial charge in [0.15, 0.2) is 5.65 Å². The van der Waals surface area contributed by atoms with Crippen LogP contribution < -0.4 is 0 Å². The van der Waals surface area contributed by atoms with Crippen LogP contribution in [0, 0.1) is 5.41 Å². The molecule has 2 amide bonds. The van der Waals surface area contributed by atoms with Crippen molar-refractivity contribution in [3.8, 4) is 0 Å². The highest BCUT2D eigenvalue weighted by molar-refractivity contribution is 5.96. The van der Waals surface area contributed by atoms with E-state index < -0.39 is 11.5 Å². The molecule has 0 bridgehead atoms. The first-order valence-electron chi connectivity index (χ1n) is 9.86. The monoisotopic (exact) mass is 385 g/mol. The van der Waals surface area contributed by atoms with Crippen LogP contribution in [0.3, 0.4) is 0 Å². The van der Waals surface area contributed by atoms with Gasteiger partial charge in [-0.05, 0) is 39.2 Å². The van der Waals surface area contributed by atoms with E-state index in [9.17, 15) is 14.7 Å². The van der Waals surface area contributed by atoms with Crippen molar-refractivity contribution in [2.24, 2.45) is 5.41 Å². The van der Waals surface area contributed by atoms with Crippen molar-refractivity contribution in [2.45, 2.75) is 45.3 Å². The number of imidazole rings is 1. The number of fused-ring (bicyclic) bond motifs is 1. The number of hydrogen-bond donors (Lipinski definition) is 1. The van der Waals surface area contributed by atoms with E-state index in [2.05, 4.69) is 23.8 Å². The third-order valence-electron chi connectivity index (χ3n) is 6.14. The standard InChI is InChI=1S/C20H27N5O3/c1-13(2)25-12-22-16-8-14(10-21-17(16)25)18(27)24-6-4-20(5-7-24)9-15(26)11-23(3)19(20)28/h8,10,12-13,15,26H,4-7,9,11H2,1-3H3.